The summed E-state index contributed by atoms with van der Waals surface area (Å²) in [4.78, 5) is 11.9. The van der Waals surface area contributed by atoms with Crippen molar-refractivity contribution in [2.45, 2.75) is 38.6 Å². The molecule has 2 rings (SSSR count). The zero-order chi connectivity index (χ0) is 15.2. The molecular formula is C15H21N3O2S. The highest BCUT2D eigenvalue weighted by atomic mass is 32.1. The number of benzene rings is 1. The van der Waals surface area contributed by atoms with Gasteiger partial charge in [0.15, 0.2) is 5.11 Å². The Bertz CT molecular complexity index is 521. The molecule has 0 saturated heterocycles. The SMILES string of the molecule is C[C@H]1CCCC[C@H]1NC(=S)NNC(=O)c1ccccc1O. The Kier molecular flexibility index (Phi) is 5.38. The highest BCUT2D eigenvalue weighted by Gasteiger charge is 2.21. The predicted octanol–water partition coefficient (Wildman–Crippen LogP) is 2.08. The Morgan fingerprint density at radius 1 is 1.24 bits per heavy atom. The molecule has 0 aromatic heterocycles. The van der Waals surface area contributed by atoms with E-state index in [4.69, 9.17) is 12.2 Å². The Balaban J connectivity index is 1.81. The number of para-hydroxylation sites is 1. The number of phenols is 1. The smallest absolute Gasteiger partial charge is 0.273 e. The number of hydrogen-bond acceptors (Lipinski definition) is 3. The standard InChI is InChI=1S/C15H21N3O2S/c1-10-6-2-4-8-12(10)16-15(21)18-17-14(20)11-7-3-5-9-13(11)19/h3,5,7,9-10,12,19H,2,4,6,8H2,1H3,(H,17,20)(H2,16,18,21)/t10-,12+/m0/s1. The molecule has 5 nitrogen and oxygen atoms in total. The Morgan fingerprint density at radius 2 is 1.95 bits per heavy atom. The second-order valence-corrected chi connectivity index (χ2v) is 5.85. The summed E-state index contributed by atoms with van der Waals surface area (Å²) in [7, 11) is 0. The minimum absolute atomic E-state index is 0.0587. The van der Waals surface area contributed by atoms with Crippen molar-refractivity contribution in [1.82, 2.24) is 16.2 Å². The third kappa shape index (κ3) is 4.32. The quantitative estimate of drug-likeness (QED) is 0.497. The molecule has 1 aliphatic carbocycles. The summed E-state index contributed by atoms with van der Waals surface area (Å²) < 4.78 is 0. The molecule has 114 valence electrons. The van der Waals surface area contributed by atoms with Crippen LogP contribution < -0.4 is 16.2 Å². The van der Waals surface area contributed by atoms with Gasteiger partial charge in [-0.3, -0.25) is 15.6 Å². The van der Waals surface area contributed by atoms with Gasteiger partial charge in [0.05, 0.1) is 5.56 Å². The van der Waals surface area contributed by atoms with Crippen LogP contribution in [0.2, 0.25) is 0 Å². The molecule has 0 radical (unpaired) electrons. The van der Waals surface area contributed by atoms with Gasteiger partial charge < -0.3 is 10.4 Å². The van der Waals surface area contributed by atoms with Gasteiger partial charge in [0.2, 0.25) is 0 Å². The molecule has 1 aromatic carbocycles. The fourth-order valence-corrected chi connectivity index (χ4v) is 2.78. The molecule has 1 aliphatic rings. The number of carbonyl (C=O) groups excluding carboxylic acids is 1. The van der Waals surface area contributed by atoms with Crippen LogP contribution in [0.3, 0.4) is 0 Å². The zero-order valence-corrected chi connectivity index (χ0v) is 12.9. The normalized spacial score (nSPS) is 21.4. The summed E-state index contributed by atoms with van der Waals surface area (Å²) >= 11 is 5.19. The topological polar surface area (TPSA) is 73.4 Å². The summed E-state index contributed by atoms with van der Waals surface area (Å²) in [5.41, 5.74) is 5.38. The monoisotopic (exact) mass is 307 g/mol. The summed E-state index contributed by atoms with van der Waals surface area (Å²) in [6, 6.07) is 6.72. The fourth-order valence-electron chi connectivity index (χ4n) is 2.58. The van der Waals surface area contributed by atoms with Crippen molar-refractivity contribution < 1.29 is 9.90 Å². The summed E-state index contributed by atoms with van der Waals surface area (Å²) in [6.45, 7) is 2.21. The van der Waals surface area contributed by atoms with E-state index in [0.29, 0.717) is 17.1 Å². The molecule has 21 heavy (non-hydrogen) atoms. The number of nitrogens with one attached hydrogen (secondary N) is 3. The average Bonchev–Trinajstić information content (AvgIpc) is 2.48. The van der Waals surface area contributed by atoms with Gasteiger partial charge in [-0.2, -0.15) is 0 Å². The van der Waals surface area contributed by atoms with Crippen LogP contribution in [-0.4, -0.2) is 22.2 Å². The van der Waals surface area contributed by atoms with Crippen LogP contribution in [0.15, 0.2) is 24.3 Å². The number of hydrogen-bond donors (Lipinski definition) is 4. The molecule has 1 fully saturated rings. The van der Waals surface area contributed by atoms with E-state index in [1.54, 1.807) is 18.2 Å². The molecule has 2 atom stereocenters. The maximum atomic E-state index is 11.9. The van der Waals surface area contributed by atoms with E-state index in [0.717, 1.165) is 6.42 Å². The van der Waals surface area contributed by atoms with Gasteiger partial charge in [-0.25, -0.2) is 0 Å². The highest BCUT2D eigenvalue weighted by Crippen LogP contribution is 2.23. The number of phenolic OH excluding ortho intramolecular Hbond substituents is 1. The molecule has 1 amide bonds. The van der Waals surface area contributed by atoms with Gasteiger partial charge in [0, 0.05) is 6.04 Å². The van der Waals surface area contributed by atoms with E-state index >= 15 is 0 Å². The van der Waals surface area contributed by atoms with E-state index in [1.807, 2.05) is 0 Å². The molecular weight excluding hydrogens is 286 g/mol. The third-order valence-electron chi connectivity index (χ3n) is 3.87. The Hall–Kier alpha value is -1.82. The van der Waals surface area contributed by atoms with Crippen molar-refractivity contribution in [3.05, 3.63) is 29.8 Å². The lowest BCUT2D eigenvalue weighted by Crippen LogP contribution is -2.51. The van der Waals surface area contributed by atoms with Crippen molar-refractivity contribution in [3.63, 3.8) is 0 Å². The van der Waals surface area contributed by atoms with Crippen LogP contribution in [-0.2, 0) is 0 Å². The number of rotatable bonds is 2. The molecule has 0 unspecified atom stereocenters. The van der Waals surface area contributed by atoms with Gasteiger partial charge in [-0.15, -0.1) is 0 Å². The first-order chi connectivity index (χ1) is 10.1. The lowest BCUT2D eigenvalue weighted by molar-refractivity contribution is 0.0940. The number of thiocarbonyl (C=S) groups is 1. The van der Waals surface area contributed by atoms with Crippen molar-refractivity contribution in [3.8, 4) is 5.75 Å². The van der Waals surface area contributed by atoms with Crippen molar-refractivity contribution in [1.29, 1.82) is 0 Å². The van der Waals surface area contributed by atoms with E-state index in [2.05, 4.69) is 23.1 Å². The minimum atomic E-state index is -0.422. The van der Waals surface area contributed by atoms with Gasteiger partial charge in [0.1, 0.15) is 5.75 Å². The van der Waals surface area contributed by atoms with E-state index in [9.17, 15) is 9.90 Å². The van der Waals surface area contributed by atoms with E-state index < -0.39 is 5.91 Å². The largest absolute Gasteiger partial charge is 0.507 e. The van der Waals surface area contributed by atoms with Crippen LogP contribution in [0.4, 0.5) is 0 Å². The Morgan fingerprint density at radius 3 is 2.67 bits per heavy atom. The third-order valence-corrected chi connectivity index (χ3v) is 4.09. The van der Waals surface area contributed by atoms with Crippen LogP contribution >= 0.6 is 12.2 Å². The van der Waals surface area contributed by atoms with Crippen molar-refractivity contribution in [2.75, 3.05) is 0 Å². The van der Waals surface area contributed by atoms with Gasteiger partial charge >= 0.3 is 0 Å². The second kappa shape index (κ2) is 7.26. The fraction of sp³-hybridized carbons (Fsp3) is 0.467. The Labute approximate surface area is 130 Å². The molecule has 0 bridgehead atoms. The molecule has 0 heterocycles. The molecule has 1 saturated carbocycles. The molecule has 4 N–H and O–H groups in total. The van der Waals surface area contributed by atoms with Crippen molar-refractivity contribution >= 4 is 23.2 Å². The van der Waals surface area contributed by atoms with Gasteiger partial charge in [-0.05, 0) is 43.1 Å². The second-order valence-electron chi connectivity index (χ2n) is 5.44. The summed E-state index contributed by atoms with van der Waals surface area (Å²) in [6.07, 6.45) is 4.76. The van der Waals surface area contributed by atoms with Crippen LogP contribution in [0.5, 0.6) is 5.75 Å². The number of hydrazine groups is 1. The van der Waals surface area contributed by atoms with Crippen molar-refractivity contribution in [2.24, 2.45) is 5.92 Å². The predicted molar refractivity (Wildman–Crippen MR) is 85.9 cm³/mol. The number of amides is 1. The number of carbonyl (C=O) groups is 1. The van der Waals surface area contributed by atoms with Crippen LogP contribution in [0.1, 0.15) is 43.0 Å². The van der Waals surface area contributed by atoms with Crippen LogP contribution in [0.25, 0.3) is 0 Å². The number of aromatic hydroxyl groups is 1. The lowest BCUT2D eigenvalue weighted by Gasteiger charge is -2.30. The van der Waals surface area contributed by atoms with Crippen LogP contribution in [0, 0.1) is 5.92 Å². The minimum Gasteiger partial charge on any atom is -0.507 e. The summed E-state index contributed by atoms with van der Waals surface area (Å²) in [5, 5.41) is 13.2. The molecule has 0 aliphatic heterocycles. The lowest BCUT2D eigenvalue weighted by atomic mass is 9.86. The molecule has 6 heteroatoms. The molecule has 0 spiro atoms. The first-order valence-corrected chi connectivity index (χ1v) is 7.63. The average molecular weight is 307 g/mol. The van der Waals surface area contributed by atoms with Gasteiger partial charge in [-0.1, -0.05) is 31.9 Å². The zero-order valence-electron chi connectivity index (χ0n) is 12.1. The summed E-state index contributed by atoms with van der Waals surface area (Å²) in [5.74, 6) is 0.0953. The van der Waals surface area contributed by atoms with E-state index in [-0.39, 0.29) is 11.3 Å². The molecule has 1 aromatic rings. The first kappa shape index (κ1) is 15.6. The maximum Gasteiger partial charge on any atom is 0.273 e. The highest BCUT2D eigenvalue weighted by molar-refractivity contribution is 7.80. The van der Waals surface area contributed by atoms with E-state index in [1.165, 1.54) is 25.3 Å². The van der Waals surface area contributed by atoms with Gasteiger partial charge in [0.25, 0.3) is 5.91 Å². The maximum absolute atomic E-state index is 11.9. The first-order valence-electron chi connectivity index (χ1n) is 7.23.